The molecule has 0 fully saturated rings. The number of nitrogens with zero attached hydrogens (tertiary/aromatic N) is 2. The summed E-state index contributed by atoms with van der Waals surface area (Å²) in [5.74, 6) is 0. The molecule has 0 spiro atoms. The van der Waals surface area contributed by atoms with Gasteiger partial charge in [0.2, 0.25) is 5.03 Å². The van der Waals surface area contributed by atoms with Crippen molar-refractivity contribution < 1.29 is 8.42 Å². The smallest absolute Gasteiger partial charge is 0.261 e. The maximum absolute atomic E-state index is 12.0. The molecule has 18 heavy (non-hydrogen) atoms. The van der Waals surface area contributed by atoms with Gasteiger partial charge in [-0.2, -0.15) is 0 Å². The number of imidazole rings is 1. The predicted molar refractivity (Wildman–Crippen MR) is 71.3 cm³/mol. The van der Waals surface area contributed by atoms with Crippen LogP contribution < -0.4 is 4.72 Å². The highest BCUT2D eigenvalue weighted by Crippen LogP contribution is 2.20. The molecule has 0 radical (unpaired) electrons. The Kier molecular flexibility index (Phi) is 3.76. The summed E-state index contributed by atoms with van der Waals surface area (Å²) in [6.45, 7) is 2.19. The molecule has 0 aliphatic carbocycles. The van der Waals surface area contributed by atoms with Crippen LogP contribution in [0.15, 0.2) is 22.8 Å². The van der Waals surface area contributed by atoms with Crippen molar-refractivity contribution in [2.24, 2.45) is 7.05 Å². The first-order chi connectivity index (χ1) is 8.42. The molecule has 2 aromatic heterocycles. The molecule has 0 atom stereocenters. The van der Waals surface area contributed by atoms with Crippen molar-refractivity contribution in [1.29, 1.82) is 0 Å². The Bertz CT molecular complexity index is 660. The second-order valence-electron chi connectivity index (χ2n) is 3.80. The number of hydrogen-bond acceptors (Lipinski definition) is 4. The van der Waals surface area contributed by atoms with Crippen molar-refractivity contribution in [3.05, 3.63) is 33.4 Å². The quantitative estimate of drug-likeness (QED) is 0.938. The summed E-state index contributed by atoms with van der Waals surface area (Å²) in [7, 11) is -2.03. The highest BCUT2D eigenvalue weighted by molar-refractivity contribution is 7.89. The van der Waals surface area contributed by atoms with E-state index in [-0.39, 0.29) is 16.7 Å². The summed E-state index contributed by atoms with van der Waals surface area (Å²) in [4.78, 5) is 4.77. The van der Waals surface area contributed by atoms with Crippen LogP contribution in [0, 0.1) is 6.92 Å². The zero-order chi connectivity index (χ0) is 13.3. The molecule has 5 nitrogen and oxygen atoms in total. The van der Waals surface area contributed by atoms with Crippen molar-refractivity contribution in [2.45, 2.75) is 18.5 Å². The monoisotopic (exact) mass is 305 g/mol. The van der Waals surface area contributed by atoms with Crippen LogP contribution in [-0.2, 0) is 23.6 Å². The highest BCUT2D eigenvalue weighted by atomic mass is 35.5. The first-order valence-corrected chi connectivity index (χ1v) is 7.85. The standard InChI is InChI=1S/C10H12ClN3O2S2/c1-7-3-4-17-8(7)5-13-18(15,16)10-9(11)14(2)6-12-10/h3-4,6,13H,5H2,1-2H3. The third-order valence-electron chi connectivity index (χ3n) is 2.48. The lowest BCUT2D eigenvalue weighted by Gasteiger charge is -2.04. The van der Waals surface area contributed by atoms with E-state index in [0.717, 1.165) is 10.4 Å². The second-order valence-corrected chi connectivity index (χ2v) is 6.84. The van der Waals surface area contributed by atoms with Crippen molar-refractivity contribution in [3.63, 3.8) is 0 Å². The zero-order valence-corrected chi connectivity index (χ0v) is 12.2. The van der Waals surface area contributed by atoms with Gasteiger partial charge in [-0.3, -0.25) is 0 Å². The van der Waals surface area contributed by atoms with Crippen molar-refractivity contribution in [1.82, 2.24) is 14.3 Å². The molecule has 1 N–H and O–H groups in total. The number of thiophene rings is 1. The van der Waals surface area contributed by atoms with E-state index in [1.807, 2.05) is 18.4 Å². The van der Waals surface area contributed by atoms with Gasteiger partial charge in [0.05, 0.1) is 6.33 Å². The predicted octanol–water partition coefficient (Wildman–Crippen LogP) is 1.92. The molecule has 98 valence electrons. The van der Waals surface area contributed by atoms with E-state index in [0.29, 0.717) is 0 Å². The molecule has 0 unspecified atom stereocenters. The Labute approximate surface area is 114 Å². The van der Waals surface area contributed by atoms with Crippen LogP contribution in [0.2, 0.25) is 5.15 Å². The highest BCUT2D eigenvalue weighted by Gasteiger charge is 2.22. The van der Waals surface area contributed by atoms with Crippen LogP contribution in [0.1, 0.15) is 10.4 Å². The normalized spacial score (nSPS) is 11.9. The Morgan fingerprint density at radius 1 is 1.56 bits per heavy atom. The summed E-state index contributed by atoms with van der Waals surface area (Å²) >= 11 is 7.38. The fourth-order valence-corrected chi connectivity index (χ4v) is 3.75. The topological polar surface area (TPSA) is 64.0 Å². The van der Waals surface area contributed by atoms with E-state index in [1.165, 1.54) is 22.2 Å². The minimum atomic E-state index is -3.67. The van der Waals surface area contributed by atoms with E-state index in [1.54, 1.807) is 7.05 Å². The lowest BCUT2D eigenvalue weighted by atomic mass is 10.3. The molecule has 8 heteroatoms. The van der Waals surface area contributed by atoms with Crippen LogP contribution in [0.4, 0.5) is 0 Å². The molecule has 2 rings (SSSR count). The SMILES string of the molecule is Cc1ccsc1CNS(=O)(=O)c1ncn(C)c1Cl. The first kappa shape index (κ1) is 13.5. The van der Waals surface area contributed by atoms with Gasteiger partial charge in [0.1, 0.15) is 5.15 Å². The fraction of sp³-hybridized carbons (Fsp3) is 0.300. The molecular weight excluding hydrogens is 294 g/mol. The second kappa shape index (κ2) is 5.00. The lowest BCUT2D eigenvalue weighted by Crippen LogP contribution is -2.23. The van der Waals surface area contributed by atoms with Crippen molar-refractivity contribution in [2.75, 3.05) is 0 Å². The molecule has 0 aliphatic heterocycles. The fourth-order valence-electron chi connectivity index (χ4n) is 1.39. The van der Waals surface area contributed by atoms with Gasteiger partial charge in [0, 0.05) is 18.5 Å². The number of halogens is 1. The van der Waals surface area contributed by atoms with Crippen LogP contribution in [0.5, 0.6) is 0 Å². The Balaban J connectivity index is 2.18. The molecule has 2 aromatic rings. The largest absolute Gasteiger partial charge is 0.324 e. The van der Waals surface area contributed by atoms with Gasteiger partial charge < -0.3 is 4.57 Å². The summed E-state index contributed by atoms with van der Waals surface area (Å²) < 4.78 is 28.0. The van der Waals surface area contributed by atoms with Crippen molar-refractivity contribution in [3.8, 4) is 0 Å². The van der Waals surface area contributed by atoms with Gasteiger partial charge in [-0.05, 0) is 23.9 Å². The van der Waals surface area contributed by atoms with Crippen molar-refractivity contribution >= 4 is 33.0 Å². The molecule has 0 aromatic carbocycles. The van der Waals surface area contributed by atoms with Gasteiger partial charge in [-0.15, -0.1) is 11.3 Å². The minimum absolute atomic E-state index is 0.102. The lowest BCUT2D eigenvalue weighted by molar-refractivity contribution is 0.578. The van der Waals surface area contributed by atoms with Crippen LogP contribution in [0.3, 0.4) is 0 Å². The minimum Gasteiger partial charge on any atom is -0.324 e. The molecule has 0 saturated carbocycles. The summed E-state index contributed by atoms with van der Waals surface area (Å²) in [5, 5.41) is 1.89. The summed E-state index contributed by atoms with van der Waals surface area (Å²) in [6, 6.07) is 1.95. The van der Waals surface area contributed by atoms with E-state index < -0.39 is 10.0 Å². The third-order valence-corrected chi connectivity index (χ3v) is 5.39. The molecule has 0 saturated heterocycles. The summed E-state index contributed by atoms with van der Waals surface area (Å²) in [6.07, 6.45) is 1.37. The zero-order valence-electron chi connectivity index (χ0n) is 9.84. The number of rotatable bonds is 4. The number of aromatic nitrogens is 2. The van der Waals surface area contributed by atoms with E-state index >= 15 is 0 Å². The molecule has 0 amide bonds. The Morgan fingerprint density at radius 3 is 2.78 bits per heavy atom. The Hall–Kier alpha value is -0.890. The van der Waals surface area contributed by atoms with Gasteiger partial charge >= 0.3 is 0 Å². The molecule has 2 heterocycles. The average molecular weight is 306 g/mol. The number of aryl methyl sites for hydroxylation is 2. The number of sulfonamides is 1. The third kappa shape index (κ3) is 2.59. The molecular formula is C10H12ClN3O2S2. The van der Waals surface area contributed by atoms with E-state index in [2.05, 4.69) is 9.71 Å². The van der Waals surface area contributed by atoms with Gasteiger partial charge in [-0.25, -0.2) is 18.1 Å². The first-order valence-electron chi connectivity index (χ1n) is 5.11. The summed E-state index contributed by atoms with van der Waals surface area (Å²) in [5.41, 5.74) is 1.06. The number of hydrogen-bond donors (Lipinski definition) is 1. The maximum Gasteiger partial charge on any atom is 0.261 e. The number of nitrogens with one attached hydrogen (secondary N) is 1. The molecule has 0 bridgehead atoms. The van der Waals surface area contributed by atoms with Crippen LogP contribution in [0.25, 0.3) is 0 Å². The Morgan fingerprint density at radius 2 is 2.28 bits per heavy atom. The van der Waals surface area contributed by atoms with Gasteiger partial charge in [-0.1, -0.05) is 11.6 Å². The maximum atomic E-state index is 12.0. The van der Waals surface area contributed by atoms with Gasteiger partial charge in [0.25, 0.3) is 10.0 Å². The van der Waals surface area contributed by atoms with Crippen LogP contribution in [-0.4, -0.2) is 18.0 Å². The van der Waals surface area contributed by atoms with Gasteiger partial charge in [0.15, 0.2) is 0 Å². The van der Waals surface area contributed by atoms with E-state index in [4.69, 9.17) is 11.6 Å². The molecule has 0 aliphatic rings. The van der Waals surface area contributed by atoms with E-state index in [9.17, 15) is 8.42 Å². The average Bonchev–Trinajstić information content (AvgIpc) is 2.85. The van der Waals surface area contributed by atoms with Crippen LogP contribution >= 0.6 is 22.9 Å².